The molecule has 0 bridgehead atoms. The lowest BCUT2D eigenvalue weighted by molar-refractivity contribution is 0.407. The van der Waals surface area contributed by atoms with E-state index >= 15 is 0 Å². The van der Waals surface area contributed by atoms with Crippen molar-refractivity contribution >= 4 is 10.0 Å². The van der Waals surface area contributed by atoms with E-state index in [-0.39, 0.29) is 10.3 Å². The number of hydrogen-bond donors (Lipinski definition) is 2. The van der Waals surface area contributed by atoms with E-state index in [1.54, 1.807) is 13.0 Å². The summed E-state index contributed by atoms with van der Waals surface area (Å²) in [6.45, 7) is 11.3. The average molecular weight is 288 g/mol. The van der Waals surface area contributed by atoms with Crippen molar-refractivity contribution in [2.45, 2.75) is 46.1 Å². The second-order valence-electron chi connectivity index (χ2n) is 5.80. The number of hydrogen-bond acceptors (Lipinski definition) is 4. The molecule has 0 radical (unpaired) electrons. The standard InChI is InChI=1S/C13H24N2O3S/c1-6-14-8-11-7-12(10(2)18-11)19(16,17)15-9-13(3,4)5/h7,14-15H,6,8-9H2,1-5H3. The first-order valence-corrected chi connectivity index (χ1v) is 7.94. The second kappa shape index (κ2) is 6.07. The van der Waals surface area contributed by atoms with Crippen molar-refractivity contribution < 1.29 is 12.8 Å². The monoisotopic (exact) mass is 288 g/mol. The first-order valence-electron chi connectivity index (χ1n) is 6.45. The lowest BCUT2D eigenvalue weighted by atomic mass is 9.98. The molecule has 19 heavy (non-hydrogen) atoms. The van der Waals surface area contributed by atoms with Gasteiger partial charge in [0.05, 0.1) is 6.54 Å². The predicted octanol–water partition coefficient (Wildman–Crippen LogP) is 2.02. The molecule has 1 rings (SSSR count). The molecule has 1 aromatic heterocycles. The molecule has 0 aliphatic heterocycles. The molecule has 0 fully saturated rings. The van der Waals surface area contributed by atoms with Crippen LogP contribution in [-0.2, 0) is 16.6 Å². The SMILES string of the molecule is CCNCc1cc(S(=O)(=O)NCC(C)(C)C)c(C)o1. The first kappa shape index (κ1) is 16.2. The quantitative estimate of drug-likeness (QED) is 0.840. The molecule has 0 unspecified atom stereocenters. The van der Waals surface area contributed by atoms with E-state index in [4.69, 9.17) is 4.42 Å². The van der Waals surface area contributed by atoms with Crippen LogP contribution in [0.3, 0.4) is 0 Å². The average Bonchev–Trinajstić information content (AvgIpc) is 2.65. The van der Waals surface area contributed by atoms with Crippen molar-refractivity contribution in [2.75, 3.05) is 13.1 Å². The summed E-state index contributed by atoms with van der Waals surface area (Å²) in [5.41, 5.74) is -0.0999. The molecule has 5 nitrogen and oxygen atoms in total. The smallest absolute Gasteiger partial charge is 0.244 e. The normalized spacial score (nSPS) is 12.9. The summed E-state index contributed by atoms with van der Waals surface area (Å²) in [5.74, 6) is 1.06. The molecule has 0 spiro atoms. The molecule has 0 aromatic carbocycles. The maximum atomic E-state index is 12.2. The molecule has 6 heteroatoms. The van der Waals surface area contributed by atoms with Gasteiger partial charge in [-0.15, -0.1) is 0 Å². The van der Waals surface area contributed by atoms with Gasteiger partial charge in [-0.2, -0.15) is 0 Å². The molecule has 0 amide bonds. The zero-order chi connectivity index (χ0) is 14.7. The summed E-state index contributed by atoms with van der Waals surface area (Å²) < 4.78 is 32.5. The topological polar surface area (TPSA) is 71.3 Å². The Balaban J connectivity index is 2.86. The highest BCUT2D eigenvalue weighted by molar-refractivity contribution is 7.89. The zero-order valence-electron chi connectivity index (χ0n) is 12.3. The number of sulfonamides is 1. The largest absolute Gasteiger partial charge is 0.464 e. The van der Waals surface area contributed by atoms with Crippen LogP contribution in [0.25, 0.3) is 0 Å². The Morgan fingerprint density at radius 3 is 2.47 bits per heavy atom. The van der Waals surface area contributed by atoms with Gasteiger partial charge in [0.1, 0.15) is 16.4 Å². The Hall–Kier alpha value is -0.850. The molecule has 0 saturated carbocycles. The summed E-state index contributed by atoms with van der Waals surface area (Å²) in [4.78, 5) is 0.227. The summed E-state index contributed by atoms with van der Waals surface area (Å²) in [5, 5.41) is 3.10. The first-order chi connectivity index (χ1) is 8.65. The predicted molar refractivity (Wildman–Crippen MR) is 75.5 cm³/mol. The fourth-order valence-corrected chi connectivity index (χ4v) is 3.00. The van der Waals surface area contributed by atoms with Gasteiger partial charge in [0.15, 0.2) is 0 Å². The number of nitrogens with one attached hydrogen (secondary N) is 2. The molecule has 0 atom stereocenters. The van der Waals surface area contributed by atoms with Gasteiger partial charge in [0, 0.05) is 12.6 Å². The van der Waals surface area contributed by atoms with Crippen LogP contribution in [0.2, 0.25) is 0 Å². The van der Waals surface area contributed by atoms with E-state index in [9.17, 15) is 8.42 Å². The third-order valence-corrected chi connectivity index (χ3v) is 4.06. The van der Waals surface area contributed by atoms with Crippen LogP contribution in [0.15, 0.2) is 15.4 Å². The van der Waals surface area contributed by atoms with Crippen LogP contribution in [0.5, 0.6) is 0 Å². The summed E-state index contributed by atoms with van der Waals surface area (Å²) in [7, 11) is -3.50. The van der Waals surface area contributed by atoms with E-state index in [2.05, 4.69) is 10.0 Å². The van der Waals surface area contributed by atoms with Crippen molar-refractivity contribution in [3.05, 3.63) is 17.6 Å². The Morgan fingerprint density at radius 1 is 1.32 bits per heavy atom. The van der Waals surface area contributed by atoms with Gasteiger partial charge in [-0.3, -0.25) is 0 Å². The Kier molecular flexibility index (Phi) is 5.18. The van der Waals surface area contributed by atoms with Gasteiger partial charge in [0.25, 0.3) is 0 Å². The van der Waals surface area contributed by atoms with Crippen LogP contribution in [-0.4, -0.2) is 21.5 Å². The molecule has 0 saturated heterocycles. The molecule has 0 aliphatic rings. The van der Waals surface area contributed by atoms with Crippen LogP contribution < -0.4 is 10.0 Å². The number of rotatable bonds is 6. The fraction of sp³-hybridized carbons (Fsp3) is 0.692. The highest BCUT2D eigenvalue weighted by Gasteiger charge is 2.23. The Bertz CT molecular complexity index is 512. The van der Waals surface area contributed by atoms with E-state index in [1.165, 1.54) is 0 Å². The Morgan fingerprint density at radius 2 is 1.95 bits per heavy atom. The molecular weight excluding hydrogens is 264 g/mol. The minimum absolute atomic E-state index is 0.0999. The van der Waals surface area contributed by atoms with E-state index < -0.39 is 10.0 Å². The highest BCUT2D eigenvalue weighted by Crippen LogP contribution is 2.21. The maximum absolute atomic E-state index is 12.2. The lowest BCUT2D eigenvalue weighted by Gasteiger charge is -2.18. The molecule has 110 valence electrons. The minimum atomic E-state index is -3.50. The second-order valence-corrected chi connectivity index (χ2v) is 7.53. The molecule has 0 aliphatic carbocycles. The van der Waals surface area contributed by atoms with Crippen molar-refractivity contribution in [3.8, 4) is 0 Å². The molecule has 2 N–H and O–H groups in total. The van der Waals surface area contributed by atoms with Gasteiger partial charge in [0.2, 0.25) is 10.0 Å². The van der Waals surface area contributed by atoms with Crippen molar-refractivity contribution in [1.29, 1.82) is 0 Å². The number of furan rings is 1. The van der Waals surface area contributed by atoms with Gasteiger partial charge in [-0.05, 0) is 18.9 Å². The van der Waals surface area contributed by atoms with E-state index in [1.807, 2.05) is 27.7 Å². The van der Waals surface area contributed by atoms with E-state index in [0.717, 1.165) is 6.54 Å². The number of aryl methyl sites for hydroxylation is 1. The van der Waals surface area contributed by atoms with Crippen molar-refractivity contribution in [3.63, 3.8) is 0 Å². The van der Waals surface area contributed by atoms with Crippen molar-refractivity contribution in [2.24, 2.45) is 5.41 Å². The van der Waals surface area contributed by atoms with Crippen LogP contribution in [0.4, 0.5) is 0 Å². The summed E-state index contributed by atoms with van der Waals surface area (Å²) >= 11 is 0. The summed E-state index contributed by atoms with van der Waals surface area (Å²) in [6.07, 6.45) is 0. The van der Waals surface area contributed by atoms with Crippen LogP contribution >= 0.6 is 0 Å². The van der Waals surface area contributed by atoms with Crippen LogP contribution in [0, 0.1) is 12.3 Å². The van der Waals surface area contributed by atoms with Gasteiger partial charge in [-0.1, -0.05) is 27.7 Å². The third kappa shape index (κ3) is 4.97. The lowest BCUT2D eigenvalue weighted by Crippen LogP contribution is -2.32. The third-order valence-electron chi connectivity index (χ3n) is 2.55. The van der Waals surface area contributed by atoms with E-state index in [0.29, 0.717) is 24.6 Å². The zero-order valence-corrected chi connectivity index (χ0v) is 13.1. The fourth-order valence-electron chi connectivity index (χ4n) is 1.52. The summed E-state index contributed by atoms with van der Waals surface area (Å²) in [6, 6.07) is 1.59. The van der Waals surface area contributed by atoms with Gasteiger partial charge in [-0.25, -0.2) is 13.1 Å². The van der Waals surface area contributed by atoms with Crippen molar-refractivity contribution in [1.82, 2.24) is 10.0 Å². The van der Waals surface area contributed by atoms with Gasteiger partial charge >= 0.3 is 0 Å². The Labute approximate surface area is 115 Å². The maximum Gasteiger partial charge on any atom is 0.244 e. The minimum Gasteiger partial charge on any atom is -0.464 e. The van der Waals surface area contributed by atoms with Gasteiger partial charge < -0.3 is 9.73 Å². The molecular formula is C13H24N2O3S. The van der Waals surface area contributed by atoms with Crippen LogP contribution in [0.1, 0.15) is 39.2 Å². The molecule has 1 aromatic rings. The molecule has 1 heterocycles. The highest BCUT2D eigenvalue weighted by atomic mass is 32.2.